The number of fused-ring (bicyclic) bond motifs is 1. The second-order valence-electron chi connectivity index (χ2n) is 5.57. The number of carboxylic acids is 1. The summed E-state index contributed by atoms with van der Waals surface area (Å²) in [6, 6.07) is 6.61. The molecule has 2 rings (SSSR count). The Morgan fingerprint density at radius 3 is 2.61 bits per heavy atom. The summed E-state index contributed by atoms with van der Waals surface area (Å²) in [5.74, 6) is -0.731. The quantitative estimate of drug-likeness (QED) is 0.838. The second-order valence-corrected chi connectivity index (χ2v) is 7.35. The molecule has 0 bridgehead atoms. The van der Waals surface area contributed by atoms with Crippen molar-refractivity contribution in [2.45, 2.75) is 55.6 Å². The molecule has 18 heavy (non-hydrogen) atoms. The highest BCUT2D eigenvalue weighted by Gasteiger charge is 2.23. The van der Waals surface area contributed by atoms with Gasteiger partial charge >= 0.3 is 5.97 Å². The van der Waals surface area contributed by atoms with Gasteiger partial charge in [0.2, 0.25) is 0 Å². The lowest BCUT2D eigenvalue weighted by atomic mass is 9.92. The van der Waals surface area contributed by atoms with E-state index in [1.54, 1.807) is 11.8 Å². The van der Waals surface area contributed by atoms with Crippen molar-refractivity contribution in [3.8, 4) is 0 Å². The summed E-state index contributed by atoms with van der Waals surface area (Å²) in [5.41, 5.74) is 2.93. The molecule has 0 unspecified atom stereocenters. The zero-order chi connectivity index (χ0) is 13.2. The normalized spacial score (nSPS) is 15.2. The van der Waals surface area contributed by atoms with Gasteiger partial charge < -0.3 is 5.11 Å². The maximum absolute atomic E-state index is 10.8. The second kappa shape index (κ2) is 5.35. The molecule has 0 saturated carbocycles. The molecule has 2 nitrogen and oxygen atoms in total. The van der Waals surface area contributed by atoms with Crippen LogP contribution in [0, 0.1) is 0 Å². The van der Waals surface area contributed by atoms with Crippen molar-refractivity contribution < 1.29 is 9.90 Å². The van der Waals surface area contributed by atoms with Gasteiger partial charge in [0.05, 0.1) is 6.42 Å². The average molecular weight is 264 g/mol. The Labute approximate surface area is 113 Å². The SMILES string of the molecule is CC(C)(CC(=O)O)Sc1ccc2c(c1)CCCC2. The first kappa shape index (κ1) is 13.5. The van der Waals surface area contributed by atoms with Crippen LogP contribution < -0.4 is 0 Å². The van der Waals surface area contributed by atoms with E-state index in [9.17, 15) is 4.79 Å². The number of carbonyl (C=O) groups is 1. The third-order valence-electron chi connectivity index (χ3n) is 3.29. The van der Waals surface area contributed by atoms with E-state index >= 15 is 0 Å². The van der Waals surface area contributed by atoms with Gasteiger partial charge in [0.1, 0.15) is 0 Å². The van der Waals surface area contributed by atoms with Gasteiger partial charge in [-0.1, -0.05) is 6.07 Å². The number of thioether (sulfide) groups is 1. The minimum Gasteiger partial charge on any atom is -0.481 e. The molecule has 0 spiro atoms. The van der Waals surface area contributed by atoms with E-state index in [1.165, 1.54) is 41.7 Å². The summed E-state index contributed by atoms with van der Waals surface area (Å²) in [6.45, 7) is 3.98. The largest absolute Gasteiger partial charge is 0.481 e. The van der Waals surface area contributed by atoms with Gasteiger partial charge in [-0.3, -0.25) is 4.79 Å². The molecule has 0 heterocycles. The lowest BCUT2D eigenvalue weighted by Gasteiger charge is -2.23. The summed E-state index contributed by atoms with van der Waals surface area (Å²) in [4.78, 5) is 12.0. The summed E-state index contributed by atoms with van der Waals surface area (Å²) in [6.07, 6.45) is 5.13. The molecule has 0 aliphatic heterocycles. The predicted molar refractivity (Wildman–Crippen MR) is 75.3 cm³/mol. The average Bonchev–Trinajstić information content (AvgIpc) is 2.26. The molecule has 0 atom stereocenters. The number of hydrogen-bond acceptors (Lipinski definition) is 2. The van der Waals surface area contributed by atoms with E-state index < -0.39 is 5.97 Å². The molecule has 1 aliphatic rings. The number of rotatable bonds is 4. The first-order chi connectivity index (χ1) is 8.46. The summed E-state index contributed by atoms with van der Waals surface area (Å²) in [7, 11) is 0. The Morgan fingerprint density at radius 1 is 1.28 bits per heavy atom. The van der Waals surface area contributed by atoms with E-state index in [0.29, 0.717) is 0 Å². The molecule has 1 aromatic rings. The van der Waals surface area contributed by atoms with Gasteiger partial charge in [0, 0.05) is 9.64 Å². The van der Waals surface area contributed by atoms with Gasteiger partial charge in [-0.05, 0) is 62.8 Å². The van der Waals surface area contributed by atoms with E-state index in [0.717, 1.165) is 0 Å². The highest BCUT2D eigenvalue weighted by molar-refractivity contribution is 8.00. The molecular formula is C15H20O2S. The third-order valence-corrected chi connectivity index (χ3v) is 4.48. The topological polar surface area (TPSA) is 37.3 Å². The molecule has 1 N–H and O–H groups in total. The highest BCUT2D eigenvalue weighted by atomic mass is 32.2. The number of hydrogen-bond donors (Lipinski definition) is 1. The monoisotopic (exact) mass is 264 g/mol. The van der Waals surface area contributed by atoms with E-state index in [1.807, 2.05) is 13.8 Å². The van der Waals surface area contributed by atoms with Crippen LogP contribution in [0.5, 0.6) is 0 Å². The summed E-state index contributed by atoms with van der Waals surface area (Å²) >= 11 is 1.67. The molecule has 1 aliphatic carbocycles. The van der Waals surface area contributed by atoms with Crippen LogP contribution in [0.1, 0.15) is 44.2 Å². The lowest BCUT2D eigenvalue weighted by molar-refractivity contribution is -0.137. The van der Waals surface area contributed by atoms with Crippen molar-refractivity contribution in [3.05, 3.63) is 29.3 Å². The number of benzene rings is 1. The van der Waals surface area contributed by atoms with Crippen LogP contribution in [0.4, 0.5) is 0 Å². The van der Waals surface area contributed by atoms with Crippen molar-refractivity contribution in [3.63, 3.8) is 0 Å². The van der Waals surface area contributed by atoms with E-state index in [2.05, 4.69) is 18.2 Å². The first-order valence-electron chi connectivity index (χ1n) is 6.49. The molecule has 0 radical (unpaired) electrons. The molecule has 0 amide bonds. The maximum Gasteiger partial charge on any atom is 0.304 e. The third kappa shape index (κ3) is 3.52. The molecule has 98 valence electrons. The Kier molecular flexibility index (Phi) is 4.00. The Morgan fingerprint density at radius 2 is 1.94 bits per heavy atom. The fourth-order valence-electron chi connectivity index (χ4n) is 2.49. The van der Waals surface area contributed by atoms with E-state index in [4.69, 9.17) is 5.11 Å². The van der Waals surface area contributed by atoms with Crippen LogP contribution in [-0.4, -0.2) is 15.8 Å². The molecule has 3 heteroatoms. The molecule has 1 aromatic carbocycles. The minimum atomic E-state index is -0.731. The number of aliphatic carboxylic acids is 1. The van der Waals surface area contributed by atoms with Crippen LogP contribution in [0.25, 0.3) is 0 Å². The Balaban J connectivity index is 2.12. The fourth-order valence-corrected chi connectivity index (χ4v) is 3.66. The molecule has 0 fully saturated rings. The van der Waals surface area contributed by atoms with E-state index in [-0.39, 0.29) is 11.2 Å². The maximum atomic E-state index is 10.8. The summed E-state index contributed by atoms with van der Waals surface area (Å²) < 4.78 is -0.255. The van der Waals surface area contributed by atoms with Gasteiger partial charge in [-0.15, -0.1) is 11.8 Å². The summed E-state index contributed by atoms with van der Waals surface area (Å²) in [5, 5.41) is 8.91. The smallest absolute Gasteiger partial charge is 0.304 e. The highest BCUT2D eigenvalue weighted by Crippen LogP contribution is 2.36. The predicted octanol–water partition coefficient (Wildman–Crippen LogP) is 3.91. The van der Waals surface area contributed by atoms with Gasteiger partial charge in [0.15, 0.2) is 0 Å². The number of carboxylic acid groups (broad SMARTS) is 1. The van der Waals surface area contributed by atoms with Crippen molar-refractivity contribution in [2.75, 3.05) is 0 Å². The van der Waals surface area contributed by atoms with Crippen molar-refractivity contribution >= 4 is 17.7 Å². The molecule has 0 saturated heterocycles. The number of aryl methyl sites for hydroxylation is 2. The van der Waals surface area contributed by atoms with Crippen LogP contribution in [0.15, 0.2) is 23.1 Å². The molecular weight excluding hydrogens is 244 g/mol. The lowest BCUT2D eigenvalue weighted by Crippen LogP contribution is -2.19. The van der Waals surface area contributed by atoms with Gasteiger partial charge in [0.25, 0.3) is 0 Å². The van der Waals surface area contributed by atoms with Crippen molar-refractivity contribution in [1.82, 2.24) is 0 Å². The van der Waals surface area contributed by atoms with Crippen LogP contribution in [0.3, 0.4) is 0 Å². The van der Waals surface area contributed by atoms with Crippen LogP contribution >= 0.6 is 11.8 Å². The van der Waals surface area contributed by atoms with Crippen molar-refractivity contribution in [2.24, 2.45) is 0 Å². The van der Waals surface area contributed by atoms with Crippen molar-refractivity contribution in [1.29, 1.82) is 0 Å². The zero-order valence-electron chi connectivity index (χ0n) is 11.0. The Bertz CT molecular complexity index is 452. The first-order valence-corrected chi connectivity index (χ1v) is 7.30. The standard InChI is InChI=1S/C15H20O2S/c1-15(2,10-14(16)17)18-13-8-7-11-5-3-4-6-12(11)9-13/h7-9H,3-6,10H2,1-2H3,(H,16,17). The van der Waals surface area contributed by atoms with Crippen LogP contribution in [-0.2, 0) is 17.6 Å². The zero-order valence-corrected chi connectivity index (χ0v) is 11.8. The minimum absolute atomic E-state index is 0.189. The van der Waals surface area contributed by atoms with Gasteiger partial charge in [-0.25, -0.2) is 0 Å². The van der Waals surface area contributed by atoms with Crippen LogP contribution in [0.2, 0.25) is 0 Å². The Hall–Kier alpha value is -0.960. The fraction of sp³-hybridized carbons (Fsp3) is 0.533. The molecule has 0 aromatic heterocycles. The van der Waals surface area contributed by atoms with Gasteiger partial charge in [-0.2, -0.15) is 0 Å².